The summed E-state index contributed by atoms with van der Waals surface area (Å²) in [5, 5.41) is 12.7. The first-order chi connectivity index (χ1) is 9.60. The highest BCUT2D eigenvalue weighted by molar-refractivity contribution is 5.70. The van der Waals surface area contributed by atoms with E-state index < -0.39 is 0 Å². The van der Waals surface area contributed by atoms with E-state index in [1.807, 2.05) is 0 Å². The highest BCUT2D eigenvalue weighted by atomic mass is 16.5. The standard InChI is InChI=1S/C14H18N2O4/c1-4-11(6-5-10(2)9-17)14-15-12(20-16-14)7-8-13(18)19-3/h4-6,17H,1,7-9H2,2-3H3/b10-5+,11-6+. The Morgan fingerprint density at radius 2 is 2.25 bits per heavy atom. The molecule has 0 fully saturated rings. The van der Waals surface area contributed by atoms with Crippen molar-refractivity contribution in [1.82, 2.24) is 10.1 Å². The van der Waals surface area contributed by atoms with Gasteiger partial charge < -0.3 is 14.4 Å². The number of aromatic nitrogens is 2. The zero-order valence-electron chi connectivity index (χ0n) is 11.6. The van der Waals surface area contributed by atoms with Gasteiger partial charge in [0.05, 0.1) is 20.1 Å². The molecule has 0 radical (unpaired) electrons. The second kappa shape index (κ2) is 8.06. The molecule has 0 unspecified atom stereocenters. The van der Waals surface area contributed by atoms with E-state index in [2.05, 4.69) is 21.5 Å². The average molecular weight is 278 g/mol. The van der Waals surface area contributed by atoms with Crippen LogP contribution in [0.2, 0.25) is 0 Å². The minimum atomic E-state index is -0.328. The van der Waals surface area contributed by atoms with Crippen LogP contribution in [-0.4, -0.2) is 34.9 Å². The molecule has 1 aromatic rings. The van der Waals surface area contributed by atoms with Gasteiger partial charge in [0.25, 0.3) is 0 Å². The van der Waals surface area contributed by atoms with Crippen LogP contribution in [0.15, 0.2) is 34.9 Å². The van der Waals surface area contributed by atoms with E-state index in [1.165, 1.54) is 7.11 Å². The highest BCUT2D eigenvalue weighted by Gasteiger charge is 2.10. The average Bonchev–Trinajstić information content (AvgIpc) is 2.93. The van der Waals surface area contributed by atoms with Gasteiger partial charge in [0.15, 0.2) is 0 Å². The molecule has 0 atom stereocenters. The summed E-state index contributed by atoms with van der Waals surface area (Å²) in [5.74, 6) is 0.425. The van der Waals surface area contributed by atoms with Gasteiger partial charge in [0, 0.05) is 12.0 Å². The third-order valence-corrected chi connectivity index (χ3v) is 2.51. The highest BCUT2D eigenvalue weighted by Crippen LogP contribution is 2.13. The van der Waals surface area contributed by atoms with E-state index in [4.69, 9.17) is 9.63 Å². The van der Waals surface area contributed by atoms with Crippen molar-refractivity contribution in [2.75, 3.05) is 13.7 Å². The second-order valence-corrected chi connectivity index (χ2v) is 4.09. The normalized spacial score (nSPS) is 12.3. The van der Waals surface area contributed by atoms with Crippen LogP contribution in [0.3, 0.4) is 0 Å². The number of ether oxygens (including phenoxy) is 1. The summed E-state index contributed by atoms with van der Waals surface area (Å²) in [4.78, 5) is 15.2. The number of aliphatic hydroxyl groups is 1. The zero-order chi connectivity index (χ0) is 15.0. The Kier molecular flexibility index (Phi) is 6.39. The Morgan fingerprint density at radius 1 is 1.50 bits per heavy atom. The summed E-state index contributed by atoms with van der Waals surface area (Å²) in [6.45, 7) is 5.47. The van der Waals surface area contributed by atoms with Crippen molar-refractivity contribution in [3.05, 3.63) is 42.1 Å². The van der Waals surface area contributed by atoms with Gasteiger partial charge in [-0.05, 0) is 12.5 Å². The fraction of sp³-hybridized carbons (Fsp3) is 0.357. The van der Waals surface area contributed by atoms with Gasteiger partial charge in [-0.2, -0.15) is 4.98 Å². The molecular formula is C14H18N2O4. The monoisotopic (exact) mass is 278 g/mol. The summed E-state index contributed by atoms with van der Waals surface area (Å²) >= 11 is 0. The van der Waals surface area contributed by atoms with Crippen LogP contribution in [0.4, 0.5) is 0 Å². The molecule has 0 aliphatic carbocycles. The van der Waals surface area contributed by atoms with Crippen LogP contribution in [0.1, 0.15) is 25.1 Å². The van der Waals surface area contributed by atoms with Crippen molar-refractivity contribution in [2.45, 2.75) is 19.8 Å². The number of aliphatic hydroxyl groups excluding tert-OH is 1. The summed E-state index contributed by atoms with van der Waals surface area (Å²) in [5.41, 5.74) is 1.48. The molecule has 0 aliphatic heterocycles. The Hall–Kier alpha value is -2.21. The van der Waals surface area contributed by atoms with E-state index in [1.54, 1.807) is 25.2 Å². The fourth-order valence-corrected chi connectivity index (χ4v) is 1.30. The Labute approximate surface area is 117 Å². The van der Waals surface area contributed by atoms with Crippen LogP contribution >= 0.6 is 0 Å². The molecule has 108 valence electrons. The number of nitrogens with zero attached hydrogens (tertiary/aromatic N) is 2. The predicted octanol–water partition coefficient (Wildman–Crippen LogP) is 1.68. The second-order valence-electron chi connectivity index (χ2n) is 4.09. The maximum absolute atomic E-state index is 11.0. The fourth-order valence-electron chi connectivity index (χ4n) is 1.30. The van der Waals surface area contributed by atoms with Gasteiger partial charge >= 0.3 is 5.97 Å². The molecule has 1 rings (SSSR count). The van der Waals surface area contributed by atoms with Crippen molar-refractivity contribution in [3.8, 4) is 0 Å². The number of methoxy groups -OCH3 is 1. The minimum absolute atomic E-state index is 0.0163. The maximum Gasteiger partial charge on any atom is 0.306 e. The molecule has 0 saturated carbocycles. The Balaban J connectivity index is 2.78. The predicted molar refractivity (Wildman–Crippen MR) is 73.7 cm³/mol. The largest absolute Gasteiger partial charge is 0.469 e. The number of rotatable bonds is 7. The zero-order valence-corrected chi connectivity index (χ0v) is 11.6. The molecule has 0 amide bonds. The molecule has 0 aliphatic rings. The number of allylic oxidation sites excluding steroid dienone is 4. The third-order valence-electron chi connectivity index (χ3n) is 2.51. The number of hydrogen-bond donors (Lipinski definition) is 1. The van der Waals surface area contributed by atoms with Gasteiger partial charge in [-0.1, -0.05) is 30.0 Å². The topological polar surface area (TPSA) is 85.5 Å². The Morgan fingerprint density at radius 3 is 2.85 bits per heavy atom. The molecule has 6 nitrogen and oxygen atoms in total. The summed E-state index contributed by atoms with van der Waals surface area (Å²) in [7, 11) is 1.33. The number of carbonyl (C=O) groups excluding carboxylic acids is 1. The van der Waals surface area contributed by atoms with Crippen molar-refractivity contribution in [2.24, 2.45) is 0 Å². The molecule has 0 bridgehead atoms. The van der Waals surface area contributed by atoms with Gasteiger partial charge in [0.2, 0.25) is 11.7 Å². The first-order valence-corrected chi connectivity index (χ1v) is 6.11. The lowest BCUT2D eigenvalue weighted by molar-refractivity contribution is -0.140. The van der Waals surface area contributed by atoms with E-state index in [-0.39, 0.29) is 19.0 Å². The van der Waals surface area contributed by atoms with Crippen molar-refractivity contribution < 1.29 is 19.2 Å². The minimum Gasteiger partial charge on any atom is -0.469 e. The van der Waals surface area contributed by atoms with Gasteiger partial charge in [-0.25, -0.2) is 0 Å². The van der Waals surface area contributed by atoms with E-state index in [0.29, 0.717) is 23.7 Å². The van der Waals surface area contributed by atoms with Crippen LogP contribution in [0.5, 0.6) is 0 Å². The smallest absolute Gasteiger partial charge is 0.306 e. The number of hydrogen-bond acceptors (Lipinski definition) is 6. The van der Waals surface area contributed by atoms with Gasteiger partial charge in [-0.3, -0.25) is 4.79 Å². The summed E-state index contributed by atoms with van der Waals surface area (Å²) in [6.07, 6.45) is 5.61. The molecule has 20 heavy (non-hydrogen) atoms. The molecule has 1 N–H and O–H groups in total. The summed E-state index contributed by atoms with van der Waals surface area (Å²) < 4.78 is 9.58. The van der Waals surface area contributed by atoms with Crippen LogP contribution in [-0.2, 0) is 16.0 Å². The Bertz CT molecular complexity index is 529. The molecule has 0 aromatic carbocycles. The van der Waals surface area contributed by atoms with Crippen LogP contribution in [0, 0.1) is 0 Å². The number of esters is 1. The lowest BCUT2D eigenvalue weighted by Crippen LogP contribution is -2.02. The van der Waals surface area contributed by atoms with Gasteiger partial charge in [-0.15, -0.1) is 0 Å². The SMILES string of the molecule is C=C/C(=C\C=C(/C)CO)c1noc(CCC(=O)OC)n1. The lowest BCUT2D eigenvalue weighted by Gasteiger charge is -1.94. The van der Waals surface area contributed by atoms with Crippen LogP contribution < -0.4 is 0 Å². The van der Waals surface area contributed by atoms with Crippen molar-refractivity contribution >= 4 is 11.5 Å². The molecule has 0 spiro atoms. The van der Waals surface area contributed by atoms with Crippen molar-refractivity contribution in [3.63, 3.8) is 0 Å². The maximum atomic E-state index is 11.0. The summed E-state index contributed by atoms with van der Waals surface area (Å²) in [6, 6.07) is 0. The molecule has 1 aromatic heterocycles. The van der Waals surface area contributed by atoms with Gasteiger partial charge in [0.1, 0.15) is 0 Å². The first-order valence-electron chi connectivity index (χ1n) is 6.11. The first kappa shape index (κ1) is 15.8. The van der Waals surface area contributed by atoms with Crippen molar-refractivity contribution in [1.29, 1.82) is 0 Å². The van der Waals surface area contributed by atoms with Crippen LogP contribution in [0.25, 0.3) is 5.57 Å². The lowest BCUT2D eigenvalue weighted by atomic mass is 10.2. The quantitative estimate of drug-likeness (QED) is 0.603. The van der Waals surface area contributed by atoms with E-state index in [9.17, 15) is 4.79 Å². The molecular weight excluding hydrogens is 260 g/mol. The third kappa shape index (κ3) is 4.81. The number of carbonyl (C=O) groups is 1. The molecule has 0 saturated heterocycles. The number of aryl methyl sites for hydroxylation is 1. The molecule has 6 heteroatoms. The van der Waals surface area contributed by atoms with E-state index in [0.717, 1.165) is 5.57 Å². The van der Waals surface area contributed by atoms with E-state index >= 15 is 0 Å². The molecule has 1 heterocycles.